The topological polar surface area (TPSA) is 809 Å². The second kappa shape index (κ2) is 41.8. The van der Waals surface area contributed by atoms with E-state index >= 15 is 0 Å². The van der Waals surface area contributed by atoms with Gasteiger partial charge in [0.05, 0.1) is 65.1 Å². The van der Waals surface area contributed by atoms with E-state index in [0.29, 0.717) is 0 Å². The first-order valence-electron chi connectivity index (χ1n) is 37.9. The van der Waals surface area contributed by atoms with Gasteiger partial charge in [-0.05, 0) is 13.8 Å². The Kier molecular flexibility index (Phi) is 34.3. The van der Waals surface area contributed by atoms with Crippen molar-refractivity contribution >= 4 is 17.7 Å². The molecule has 30 N–H and O–H groups in total. The Hall–Kier alpha value is -3.43. The van der Waals surface area contributed by atoms with Crippen molar-refractivity contribution in [3.8, 4) is 0 Å². The van der Waals surface area contributed by atoms with Gasteiger partial charge in [0.1, 0.15) is 232 Å². The zero-order chi connectivity index (χ0) is 86.8. The van der Waals surface area contributed by atoms with Gasteiger partial charge in [-0.3, -0.25) is 14.4 Å². The number of ether oxygens (including phenoxy) is 19. The van der Waals surface area contributed by atoms with E-state index in [-0.39, 0.29) is 0 Å². The maximum atomic E-state index is 13.6. The lowest BCUT2D eigenvalue weighted by atomic mass is 9.93. The first-order chi connectivity index (χ1) is 55.8. The summed E-state index contributed by atoms with van der Waals surface area (Å²) in [7, 11) is 0. The van der Waals surface area contributed by atoms with Crippen LogP contribution in [0.25, 0.3) is 0 Å². The molecule has 0 aromatic rings. The minimum atomic E-state index is -2.49. The summed E-state index contributed by atoms with van der Waals surface area (Å²) in [5.74, 6) is -2.94. The van der Waals surface area contributed by atoms with Gasteiger partial charge in [0.25, 0.3) is 0 Å². The number of hydrogen-bond donors (Lipinski definition) is 30. The lowest BCUT2D eigenvalue weighted by Gasteiger charge is -2.52. The molecule has 118 heavy (non-hydrogen) atoms. The Labute approximate surface area is 668 Å². The van der Waals surface area contributed by atoms with Crippen LogP contribution < -0.4 is 16.0 Å². The number of rotatable bonds is 29. The van der Waals surface area contributed by atoms with Crippen LogP contribution >= 0.6 is 0 Å². The summed E-state index contributed by atoms with van der Waals surface area (Å²) in [4.78, 5) is 39.9. The van der Waals surface area contributed by atoms with Crippen molar-refractivity contribution in [3.05, 3.63) is 0 Å². The first-order valence-corrected chi connectivity index (χ1v) is 37.9. The van der Waals surface area contributed by atoms with Crippen LogP contribution in [0, 0.1) is 0 Å². The summed E-state index contributed by atoms with van der Waals surface area (Å²) < 4.78 is 113. The molecule has 0 bridgehead atoms. The van der Waals surface area contributed by atoms with E-state index in [1.165, 1.54) is 13.8 Å². The van der Waals surface area contributed by atoms with Crippen LogP contribution in [-0.2, 0) is 104 Å². The van der Waals surface area contributed by atoms with Crippen LogP contribution in [-0.4, -0.2) is 515 Å². The molecule has 684 valence electrons. The summed E-state index contributed by atoms with van der Waals surface area (Å²) >= 11 is 0. The third-order valence-electron chi connectivity index (χ3n) is 22.0. The molecule has 10 heterocycles. The third kappa shape index (κ3) is 20.8. The van der Waals surface area contributed by atoms with E-state index < -0.39 is 377 Å². The molecule has 10 fully saturated rings. The molecule has 0 spiro atoms. The molecule has 50 atom stereocenters. The smallest absolute Gasteiger partial charge is 0.217 e. The minimum absolute atomic E-state index is 0.917. The van der Waals surface area contributed by atoms with Gasteiger partial charge in [0.2, 0.25) is 17.7 Å². The van der Waals surface area contributed by atoms with E-state index in [4.69, 9.17) is 90.0 Å². The van der Waals surface area contributed by atoms with E-state index in [1.54, 1.807) is 0 Å². The second-order valence-corrected chi connectivity index (χ2v) is 30.2. The maximum Gasteiger partial charge on any atom is 0.217 e. The zero-order valence-electron chi connectivity index (χ0n) is 63.6. The van der Waals surface area contributed by atoms with Crippen LogP contribution in [0.4, 0.5) is 0 Å². The number of nitrogens with one attached hydrogen (secondary N) is 3. The van der Waals surface area contributed by atoms with Gasteiger partial charge in [-0.1, -0.05) is 0 Å². The highest BCUT2D eigenvalue weighted by Gasteiger charge is 2.62. The van der Waals surface area contributed by atoms with E-state index in [2.05, 4.69) is 16.0 Å². The lowest BCUT2D eigenvalue weighted by molar-refractivity contribution is -0.394. The lowest BCUT2D eigenvalue weighted by Crippen LogP contribution is -2.71. The summed E-state index contributed by atoms with van der Waals surface area (Å²) in [6.07, 6.45) is -96.9. The van der Waals surface area contributed by atoms with Crippen LogP contribution in [0.15, 0.2) is 0 Å². The zero-order valence-corrected chi connectivity index (χ0v) is 63.6. The number of carbonyl (C=O) groups excluding carboxylic acids is 3. The normalized spacial score (nSPS) is 51.1. The quantitative estimate of drug-likeness (QED) is 0.0331. The number of hydrogen-bond acceptors (Lipinski definition) is 49. The van der Waals surface area contributed by atoms with E-state index in [0.717, 1.165) is 20.8 Å². The molecule has 0 aromatic carbocycles. The fourth-order valence-corrected chi connectivity index (χ4v) is 15.4. The monoisotopic (exact) mass is 1730 g/mol. The van der Waals surface area contributed by atoms with Crippen LogP contribution in [0.5, 0.6) is 0 Å². The van der Waals surface area contributed by atoms with Gasteiger partial charge in [0, 0.05) is 20.8 Å². The molecule has 0 radical (unpaired) electrons. The Morgan fingerprint density at radius 1 is 0.237 bits per heavy atom. The minimum Gasteiger partial charge on any atom is -0.394 e. The maximum absolute atomic E-state index is 13.6. The average molecular weight is 1730 g/mol. The van der Waals surface area contributed by atoms with Gasteiger partial charge >= 0.3 is 0 Å². The van der Waals surface area contributed by atoms with Gasteiger partial charge in [-0.15, -0.1) is 0 Å². The van der Waals surface area contributed by atoms with Crippen molar-refractivity contribution in [3.63, 3.8) is 0 Å². The van der Waals surface area contributed by atoms with Crippen LogP contribution in [0.3, 0.4) is 0 Å². The van der Waals surface area contributed by atoms with E-state index in [1.807, 2.05) is 0 Å². The Morgan fingerprint density at radius 3 is 0.949 bits per heavy atom. The SMILES string of the molecule is CC(=O)N[C@H]1[C@H](OC[C@H]2O[C@@H](O[C@H]3[C@H](O)[C@@H](O)C(O)O[C@@H]3CO)[C@H](O)[C@@H](O[C@@H]3O[C@H](CO)[C@@H](O)[C@H](O[C@@H]4O[C@H](CO)[C@H](O)[C@H](O)[C@H]4O[C@@H]4O[C@@H](C)[C@@H](O)[C@@H](O)[C@@H]4O)[C@H]3NC(C)=O)[C@H]2O)O[C@H](CO)[C@@H](O[C@@H]2O[C@H](CO)[C@H](O)[C@H](OC3O[C@H](CO)[C@@H](O)[C@H](O[C@@H]4O[C@H](CO)[C@H](O)[C@H](O)[C@H]4O)[C@H]3NC(C)=O)[C@H]2O)[C@@H]1O[C@@H]1O[C@@H](C)[C@@H](O)[C@@H](O)[C@@H]1O. The molecule has 0 saturated carbocycles. The molecule has 10 aliphatic rings. The number of aliphatic hydroxyl groups excluding tert-OH is 27. The molecular weight excluding hydrogens is 1620 g/mol. The van der Waals surface area contributed by atoms with Crippen LogP contribution in [0.1, 0.15) is 34.6 Å². The molecule has 52 nitrogen and oxygen atoms in total. The highest BCUT2D eigenvalue weighted by Crippen LogP contribution is 2.41. The fourth-order valence-electron chi connectivity index (χ4n) is 15.4. The van der Waals surface area contributed by atoms with Gasteiger partial charge in [-0.2, -0.15) is 0 Å². The highest BCUT2D eigenvalue weighted by atomic mass is 16.8. The van der Waals surface area contributed by atoms with Crippen molar-refractivity contribution in [2.75, 3.05) is 52.9 Å². The molecular formula is C66H111N3O49. The van der Waals surface area contributed by atoms with Gasteiger partial charge < -0.3 is 244 Å². The predicted molar refractivity (Wildman–Crippen MR) is 362 cm³/mol. The average Bonchev–Trinajstić information content (AvgIpc) is 0.763. The second-order valence-electron chi connectivity index (χ2n) is 30.2. The van der Waals surface area contributed by atoms with E-state index in [9.17, 15) is 152 Å². The van der Waals surface area contributed by atoms with Crippen LogP contribution in [0.2, 0.25) is 0 Å². The molecule has 2 unspecified atom stereocenters. The Bertz CT molecular complexity index is 3140. The number of aliphatic hydroxyl groups is 27. The standard InChI is InChI=1S/C66H111N3O49/c1-14-30(80)38(88)44(94)61(101-14)115-53-29(69-18(5)79)58(109-25(12-76)50(53)112-64-47(97)54(36(86)23(10-74)107-64)116-59-27(67-16(3)77)51(34(84)21(8-72)104-59)113-63-46(96)40(90)32(82)19(6-70)106-63)100-13-26-37(87)55(48(98)65(110-26)111-49-24(11-75)103-57(99)43(93)42(49)92)117-60-28(68-17(4)78)52(35(85)22(9-73)105-60)114-66-56(41(91)33(83)20(7-71)108-66)118-62-45(95)39(89)31(81)15(2)102-62/h14-15,19-66,70-76,80-99H,6-13H2,1-5H3,(H,67,77)(H,68,78)(H,69,79)/t14-,15-,19+,20+,21+,22+,23+,24+,25+,26+,27+,28+,29+,30+,31+,32-,33-,34+,35+,36-,37-,38+,39+,40-,41-,42+,43+,44-,45-,46+,47+,48+,49+,50+,51+,52+,53+,54-,55-,56+,57?,58+,59?,60-,61-,62-,63-,64-,65-,66-/m0/s1. The molecule has 10 aliphatic heterocycles. The van der Waals surface area contributed by atoms with Crippen molar-refractivity contribution in [1.82, 2.24) is 16.0 Å². The summed E-state index contributed by atoms with van der Waals surface area (Å²) in [5, 5.41) is 307. The van der Waals surface area contributed by atoms with Crippen molar-refractivity contribution in [2.45, 2.75) is 341 Å². The Balaban J connectivity index is 0.976. The van der Waals surface area contributed by atoms with Crippen molar-refractivity contribution < 1.29 is 242 Å². The fraction of sp³-hybridized carbons (Fsp3) is 0.955. The van der Waals surface area contributed by atoms with Gasteiger partial charge in [0.15, 0.2) is 62.9 Å². The predicted octanol–water partition coefficient (Wildman–Crippen LogP) is -20.3. The summed E-state index contributed by atoms with van der Waals surface area (Å²) in [6, 6.07) is -5.91. The highest BCUT2D eigenvalue weighted by molar-refractivity contribution is 5.74. The van der Waals surface area contributed by atoms with Gasteiger partial charge in [-0.25, -0.2) is 0 Å². The number of carbonyl (C=O) groups is 3. The first kappa shape index (κ1) is 96.8. The molecule has 10 rings (SSSR count). The molecule has 0 aromatic heterocycles. The van der Waals surface area contributed by atoms with Crippen molar-refractivity contribution in [2.24, 2.45) is 0 Å². The molecule has 3 amide bonds. The molecule has 52 heteroatoms. The third-order valence-corrected chi connectivity index (χ3v) is 22.0. The molecule has 0 aliphatic carbocycles. The Morgan fingerprint density at radius 2 is 0.517 bits per heavy atom. The van der Waals surface area contributed by atoms with Crippen molar-refractivity contribution in [1.29, 1.82) is 0 Å². The molecule has 10 saturated heterocycles. The number of amides is 3. The largest absolute Gasteiger partial charge is 0.394 e. The summed E-state index contributed by atoms with van der Waals surface area (Å²) in [6.45, 7) is -3.75. The summed E-state index contributed by atoms with van der Waals surface area (Å²) in [5.41, 5.74) is 0.